The molecule has 2 rings (SSSR count). The SMILES string of the molecule is CCc1cnccc1C(=O)N1CCCC(CO)C1. The molecule has 0 aromatic carbocycles. The second-order valence-corrected chi connectivity index (χ2v) is 4.83. The van der Waals surface area contributed by atoms with Crippen molar-refractivity contribution in [3.63, 3.8) is 0 Å². The first-order chi connectivity index (χ1) is 8.76. The second kappa shape index (κ2) is 5.96. The minimum absolute atomic E-state index is 0.0763. The fourth-order valence-electron chi connectivity index (χ4n) is 2.49. The highest BCUT2D eigenvalue weighted by molar-refractivity contribution is 5.95. The fraction of sp³-hybridized carbons (Fsp3) is 0.571. The van der Waals surface area contributed by atoms with Crippen LogP contribution in [0.15, 0.2) is 18.5 Å². The maximum Gasteiger partial charge on any atom is 0.254 e. The molecule has 0 saturated carbocycles. The molecule has 98 valence electrons. The van der Waals surface area contributed by atoms with E-state index in [1.54, 1.807) is 18.5 Å². The van der Waals surface area contributed by atoms with Crippen LogP contribution in [0.2, 0.25) is 0 Å². The van der Waals surface area contributed by atoms with E-state index in [2.05, 4.69) is 4.98 Å². The third-order valence-electron chi connectivity index (χ3n) is 3.58. The summed E-state index contributed by atoms with van der Waals surface area (Å²) in [6.45, 7) is 3.66. The largest absolute Gasteiger partial charge is 0.396 e. The van der Waals surface area contributed by atoms with Crippen molar-refractivity contribution in [1.29, 1.82) is 0 Å². The zero-order chi connectivity index (χ0) is 13.0. The van der Waals surface area contributed by atoms with Gasteiger partial charge >= 0.3 is 0 Å². The van der Waals surface area contributed by atoms with E-state index in [1.807, 2.05) is 11.8 Å². The lowest BCUT2D eigenvalue weighted by molar-refractivity contribution is 0.0619. The van der Waals surface area contributed by atoms with Crippen LogP contribution in [-0.4, -0.2) is 40.6 Å². The van der Waals surface area contributed by atoms with E-state index in [4.69, 9.17) is 0 Å². The highest BCUT2D eigenvalue weighted by Gasteiger charge is 2.24. The topological polar surface area (TPSA) is 53.4 Å². The van der Waals surface area contributed by atoms with E-state index < -0.39 is 0 Å². The molecule has 1 aliphatic heterocycles. The quantitative estimate of drug-likeness (QED) is 0.881. The van der Waals surface area contributed by atoms with Crippen LogP contribution in [0.25, 0.3) is 0 Å². The number of carbonyl (C=O) groups is 1. The van der Waals surface area contributed by atoms with Crippen molar-refractivity contribution < 1.29 is 9.90 Å². The van der Waals surface area contributed by atoms with Gasteiger partial charge in [-0.15, -0.1) is 0 Å². The van der Waals surface area contributed by atoms with Gasteiger partial charge in [0, 0.05) is 37.7 Å². The predicted molar refractivity (Wildman–Crippen MR) is 69.3 cm³/mol. The molecule has 1 saturated heterocycles. The van der Waals surface area contributed by atoms with E-state index in [1.165, 1.54) is 0 Å². The number of pyridine rings is 1. The van der Waals surface area contributed by atoms with Gasteiger partial charge in [0.1, 0.15) is 0 Å². The average molecular weight is 248 g/mol. The lowest BCUT2D eigenvalue weighted by atomic mass is 9.97. The van der Waals surface area contributed by atoms with Crippen LogP contribution >= 0.6 is 0 Å². The summed E-state index contributed by atoms with van der Waals surface area (Å²) in [4.78, 5) is 18.4. The van der Waals surface area contributed by atoms with Gasteiger partial charge in [-0.3, -0.25) is 9.78 Å². The molecule has 0 bridgehead atoms. The molecule has 1 unspecified atom stereocenters. The standard InChI is InChI=1S/C14H20N2O2/c1-2-12-8-15-6-5-13(12)14(18)16-7-3-4-11(9-16)10-17/h5-6,8,11,17H,2-4,7,9-10H2,1H3. The fourth-order valence-corrected chi connectivity index (χ4v) is 2.49. The van der Waals surface area contributed by atoms with Crippen molar-refractivity contribution in [2.45, 2.75) is 26.2 Å². The Kier molecular flexibility index (Phi) is 4.31. The molecule has 0 radical (unpaired) electrons. The van der Waals surface area contributed by atoms with Crippen LogP contribution in [-0.2, 0) is 6.42 Å². The third kappa shape index (κ3) is 2.70. The highest BCUT2D eigenvalue weighted by Crippen LogP contribution is 2.19. The Morgan fingerprint density at radius 2 is 2.44 bits per heavy atom. The average Bonchev–Trinajstić information content (AvgIpc) is 2.46. The third-order valence-corrected chi connectivity index (χ3v) is 3.58. The van der Waals surface area contributed by atoms with Gasteiger partial charge in [-0.05, 0) is 36.8 Å². The van der Waals surface area contributed by atoms with Gasteiger partial charge in [-0.1, -0.05) is 6.92 Å². The first kappa shape index (κ1) is 13.0. The molecule has 1 fully saturated rings. The first-order valence-electron chi connectivity index (χ1n) is 6.59. The molecule has 0 aliphatic carbocycles. The Morgan fingerprint density at radius 3 is 3.17 bits per heavy atom. The number of likely N-dealkylation sites (tertiary alicyclic amines) is 1. The second-order valence-electron chi connectivity index (χ2n) is 4.83. The number of carbonyl (C=O) groups excluding carboxylic acids is 1. The van der Waals surface area contributed by atoms with Gasteiger partial charge in [-0.25, -0.2) is 0 Å². The van der Waals surface area contributed by atoms with Gasteiger partial charge in [0.25, 0.3) is 5.91 Å². The summed E-state index contributed by atoms with van der Waals surface area (Å²) in [6, 6.07) is 1.80. The maximum absolute atomic E-state index is 12.5. The smallest absolute Gasteiger partial charge is 0.254 e. The summed E-state index contributed by atoms with van der Waals surface area (Å²) < 4.78 is 0. The lowest BCUT2D eigenvalue weighted by Gasteiger charge is -2.32. The Balaban J connectivity index is 2.15. The number of amides is 1. The van der Waals surface area contributed by atoms with Gasteiger partial charge in [0.05, 0.1) is 0 Å². The molecule has 1 atom stereocenters. The molecule has 4 heteroatoms. The molecule has 1 N–H and O–H groups in total. The van der Waals surface area contributed by atoms with Gasteiger partial charge in [-0.2, -0.15) is 0 Å². The first-order valence-corrected chi connectivity index (χ1v) is 6.59. The number of aliphatic hydroxyl groups excluding tert-OH is 1. The van der Waals surface area contributed by atoms with Gasteiger partial charge in [0.15, 0.2) is 0 Å². The van der Waals surface area contributed by atoms with Crippen molar-refractivity contribution in [3.05, 3.63) is 29.6 Å². The van der Waals surface area contributed by atoms with E-state index >= 15 is 0 Å². The van der Waals surface area contributed by atoms with Crippen LogP contribution < -0.4 is 0 Å². The minimum Gasteiger partial charge on any atom is -0.396 e. The Hall–Kier alpha value is -1.42. The van der Waals surface area contributed by atoms with Crippen LogP contribution in [0, 0.1) is 5.92 Å². The van der Waals surface area contributed by atoms with Crippen LogP contribution in [0.5, 0.6) is 0 Å². The van der Waals surface area contributed by atoms with Gasteiger partial charge < -0.3 is 10.0 Å². The molecular weight excluding hydrogens is 228 g/mol. The molecule has 18 heavy (non-hydrogen) atoms. The van der Waals surface area contributed by atoms with Crippen molar-refractivity contribution in [3.8, 4) is 0 Å². The number of hydrogen-bond acceptors (Lipinski definition) is 3. The van der Waals surface area contributed by atoms with Gasteiger partial charge in [0.2, 0.25) is 0 Å². The van der Waals surface area contributed by atoms with Crippen LogP contribution in [0.4, 0.5) is 0 Å². The number of piperidine rings is 1. The number of aliphatic hydroxyl groups is 1. The van der Waals surface area contributed by atoms with E-state index in [-0.39, 0.29) is 18.4 Å². The minimum atomic E-state index is 0.0763. The Bertz CT molecular complexity index is 420. The van der Waals surface area contributed by atoms with Crippen molar-refractivity contribution in [2.75, 3.05) is 19.7 Å². The summed E-state index contributed by atoms with van der Waals surface area (Å²) in [5, 5.41) is 9.21. The normalized spacial score (nSPS) is 19.9. The molecule has 2 heterocycles. The Morgan fingerprint density at radius 1 is 1.61 bits per heavy atom. The number of nitrogens with zero attached hydrogens (tertiary/aromatic N) is 2. The molecule has 1 amide bonds. The zero-order valence-corrected chi connectivity index (χ0v) is 10.8. The van der Waals surface area contributed by atoms with Crippen molar-refractivity contribution in [2.24, 2.45) is 5.92 Å². The summed E-state index contributed by atoms with van der Waals surface area (Å²) in [5.41, 5.74) is 1.75. The molecular formula is C14H20N2O2. The molecule has 1 aromatic heterocycles. The van der Waals surface area contributed by atoms with E-state index in [9.17, 15) is 9.90 Å². The van der Waals surface area contributed by atoms with Crippen LogP contribution in [0.3, 0.4) is 0 Å². The monoisotopic (exact) mass is 248 g/mol. The Labute approximate surface area is 108 Å². The maximum atomic E-state index is 12.5. The summed E-state index contributed by atoms with van der Waals surface area (Å²) in [7, 11) is 0. The van der Waals surface area contributed by atoms with Crippen LogP contribution in [0.1, 0.15) is 35.7 Å². The zero-order valence-electron chi connectivity index (χ0n) is 10.8. The predicted octanol–water partition coefficient (Wildman–Crippen LogP) is 1.49. The van der Waals surface area contributed by atoms with Crippen molar-refractivity contribution >= 4 is 5.91 Å². The molecule has 1 aliphatic rings. The number of rotatable bonds is 3. The summed E-state index contributed by atoms with van der Waals surface area (Å²) in [5.74, 6) is 0.307. The van der Waals surface area contributed by atoms with E-state index in [0.717, 1.165) is 36.9 Å². The van der Waals surface area contributed by atoms with E-state index in [0.29, 0.717) is 6.54 Å². The molecule has 4 nitrogen and oxygen atoms in total. The highest BCUT2D eigenvalue weighted by atomic mass is 16.3. The number of aryl methyl sites for hydroxylation is 1. The molecule has 0 spiro atoms. The number of hydrogen-bond donors (Lipinski definition) is 1. The molecule has 1 aromatic rings. The lowest BCUT2D eigenvalue weighted by Crippen LogP contribution is -2.41. The number of aromatic nitrogens is 1. The summed E-state index contributed by atoms with van der Waals surface area (Å²) >= 11 is 0. The summed E-state index contributed by atoms with van der Waals surface area (Å²) in [6.07, 6.45) is 6.23. The van der Waals surface area contributed by atoms with Crippen molar-refractivity contribution in [1.82, 2.24) is 9.88 Å².